The van der Waals surface area contributed by atoms with Gasteiger partial charge in [0.15, 0.2) is 0 Å². The lowest BCUT2D eigenvalue weighted by atomic mass is 9.99. The number of rotatable bonds is 5. The molecule has 27 heavy (non-hydrogen) atoms. The van der Waals surface area contributed by atoms with Crippen LogP contribution < -0.4 is 10.6 Å². The second-order valence-electron chi connectivity index (χ2n) is 6.72. The SMILES string of the molecule is CC.COC(=O)C1=C(C)NC(=O)N(C(=O)NCCCN2CCC(C)CC2)C1. The van der Waals surface area contributed by atoms with Crippen molar-refractivity contribution in [2.75, 3.05) is 39.8 Å². The van der Waals surface area contributed by atoms with Crippen molar-refractivity contribution in [1.82, 2.24) is 20.4 Å². The number of hydrogen-bond donors (Lipinski definition) is 2. The van der Waals surface area contributed by atoms with E-state index in [2.05, 4.69) is 27.2 Å². The summed E-state index contributed by atoms with van der Waals surface area (Å²) in [6, 6.07) is -1.04. The predicted molar refractivity (Wildman–Crippen MR) is 104 cm³/mol. The molecule has 0 spiro atoms. The van der Waals surface area contributed by atoms with Crippen molar-refractivity contribution < 1.29 is 19.1 Å². The molecule has 8 nitrogen and oxygen atoms in total. The van der Waals surface area contributed by atoms with Gasteiger partial charge in [0.25, 0.3) is 0 Å². The van der Waals surface area contributed by atoms with Crippen LogP contribution in [-0.4, -0.2) is 67.7 Å². The van der Waals surface area contributed by atoms with E-state index in [9.17, 15) is 14.4 Å². The van der Waals surface area contributed by atoms with Crippen LogP contribution in [0.4, 0.5) is 9.59 Å². The van der Waals surface area contributed by atoms with Gasteiger partial charge in [-0.2, -0.15) is 0 Å². The fraction of sp³-hybridized carbons (Fsp3) is 0.737. The van der Waals surface area contributed by atoms with Gasteiger partial charge in [0.05, 0.1) is 19.2 Å². The molecule has 0 saturated carbocycles. The van der Waals surface area contributed by atoms with Gasteiger partial charge >= 0.3 is 18.0 Å². The summed E-state index contributed by atoms with van der Waals surface area (Å²) >= 11 is 0. The second-order valence-corrected chi connectivity index (χ2v) is 6.72. The monoisotopic (exact) mass is 382 g/mol. The summed E-state index contributed by atoms with van der Waals surface area (Å²) in [4.78, 5) is 39.3. The minimum atomic E-state index is -0.547. The second kappa shape index (κ2) is 11.6. The fourth-order valence-corrected chi connectivity index (χ4v) is 3.04. The summed E-state index contributed by atoms with van der Waals surface area (Å²) in [6.45, 7) is 11.4. The highest BCUT2D eigenvalue weighted by atomic mass is 16.5. The van der Waals surface area contributed by atoms with Crippen molar-refractivity contribution in [2.24, 2.45) is 5.92 Å². The lowest BCUT2D eigenvalue weighted by Crippen LogP contribution is -2.53. The zero-order chi connectivity index (χ0) is 20.4. The lowest BCUT2D eigenvalue weighted by molar-refractivity contribution is -0.136. The maximum atomic E-state index is 12.2. The zero-order valence-corrected chi connectivity index (χ0v) is 17.3. The molecule has 4 amide bonds. The molecule has 0 bridgehead atoms. The van der Waals surface area contributed by atoms with Crippen LogP contribution in [0, 0.1) is 5.92 Å². The molecular formula is C19H34N4O4. The van der Waals surface area contributed by atoms with E-state index >= 15 is 0 Å². The average molecular weight is 383 g/mol. The molecule has 2 aliphatic heterocycles. The number of likely N-dealkylation sites (tertiary alicyclic amines) is 1. The van der Waals surface area contributed by atoms with Crippen LogP contribution in [0.1, 0.15) is 47.0 Å². The van der Waals surface area contributed by atoms with Crippen LogP contribution in [0.3, 0.4) is 0 Å². The van der Waals surface area contributed by atoms with Crippen LogP contribution in [0.2, 0.25) is 0 Å². The van der Waals surface area contributed by atoms with Gasteiger partial charge in [-0.15, -0.1) is 0 Å². The Balaban J connectivity index is 0.00000176. The van der Waals surface area contributed by atoms with Gasteiger partial charge in [-0.3, -0.25) is 0 Å². The first-order valence-corrected chi connectivity index (χ1v) is 9.79. The highest BCUT2D eigenvalue weighted by Crippen LogP contribution is 2.16. The third kappa shape index (κ3) is 6.86. The summed E-state index contributed by atoms with van der Waals surface area (Å²) < 4.78 is 4.68. The number of piperidine rings is 1. The van der Waals surface area contributed by atoms with E-state index < -0.39 is 18.0 Å². The Morgan fingerprint density at radius 2 is 1.89 bits per heavy atom. The summed E-state index contributed by atoms with van der Waals surface area (Å²) in [5.74, 6) is 0.253. The normalized spacial score (nSPS) is 18.4. The fourth-order valence-electron chi connectivity index (χ4n) is 3.04. The largest absolute Gasteiger partial charge is 0.466 e. The van der Waals surface area contributed by atoms with Gasteiger partial charge in [0, 0.05) is 12.2 Å². The Kier molecular flexibility index (Phi) is 9.85. The third-order valence-corrected chi connectivity index (χ3v) is 4.79. The van der Waals surface area contributed by atoms with Crippen molar-refractivity contribution in [2.45, 2.75) is 47.0 Å². The summed E-state index contributed by atoms with van der Waals surface area (Å²) in [5, 5.41) is 5.27. The smallest absolute Gasteiger partial charge is 0.337 e. The Labute approximate surface area is 162 Å². The number of carbonyl (C=O) groups excluding carboxylic acids is 3. The number of hydrogen-bond acceptors (Lipinski definition) is 5. The molecule has 2 N–H and O–H groups in total. The maximum Gasteiger partial charge on any atom is 0.337 e. The maximum absolute atomic E-state index is 12.2. The number of ether oxygens (including phenoxy) is 1. The Bertz CT molecular complexity index is 554. The minimum absolute atomic E-state index is 0.0831. The number of carbonyl (C=O) groups is 3. The summed E-state index contributed by atoms with van der Waals surface area (Å²) in [5.41, 5.74) is 0.694. The summed E-state index contributed by atoms with van der Waals surface area (Å²) in [6.07, 6.45) is 3.28. The third-order valence-electron chi connectivity index (χ3n) is 4.79. The van der Waals surface area contributed by atoms with Gasteiger partial charge < -0.3 is 20.3 Å². The number of urea groups is 2. The Hall–Kier alpha value is -2.09. The molecule has 1 fully saturated rings. The quantitative estimate of drug-likeness (QED) is 0.562. The molecule has 1 saturated heterocycles. The molecule has 0 atom stereocenters. The van der Waals surface area contributed by atoms with E-state index in [-0.39, 0.29) is 12.1 Å². The van der Waals surface area contributed by atoms with E-state index in [1.165, 1.54) is 20.0 Å². The van der Waals surface area contributed by atoms with E-state index in [1.807, 2.05) is 13.8 Å². The molecular weight excluding hydrogens is 348 g/mol. The first-order chi connectivity index (χ1) is 12.9. The highest BCUT2D eigenvalue weighted by molar-refractivity contribution is 6.00. The number of nitrogens with zero attached hydrogens (tertiary/aromatic N) is 2. The van der Waals surface area contributed by atoms with Crippen LogP contribution in [0.25, 0.3) is 0 Å². The number of esters is 1. The van der Waals surface area contributed by atoms with Gasteiger partial charge in [-0.25, -0.2) is 19.3 Å². The van der Waals surface area contributed by atoms with E-state index in [0.29, 0.717) is 12.2 Å². The minimum Gasteiger partial charge on any atom is -0.466 e. The van der Waals surface area contributed by atoms with Crippen molar-refractivity contribution >= 4 is 18.0 Å². The number of allylic oxidation sites excluding steroid dienone is 1. The molecule has 8 heteroatoms. The van der Waals surface area contributed by atoms with Crippen molar-refractivity contribution in [1.29, 1.82) is 0 Å². The van der Waals surface area contributed by atoms with Crippen LogP contribution in [0.5, 0.6) is 0 Å². The number of imide groups is 1. The van der Waals surface area contributed by atoms with Crippen LogP contribution >= 0.6 is 0 Å². The molecule has 154 valence electrons. The Morgan fingerprint density at radius 3 is 2.48 bits per heavy atom. The average Bonchev–Trinajstić information content (AvgIpc) is 2.67. The molecule has 2 rings (SSSR count). The first-order valence-electron chi connectivity index (χ1n) is 9.79. The molecule has 0 aromatic carbocycles. The van der Waals surface area contributed by atoms with Crippen molar-refractivity contribution in [3.63, 3.8) is 0 Å². The molecule has 2 aliphatic rings. The molecule has 0 radical (unpaired) electrons. The van der Waals surface area contributed by atoms with Gasteiger partial charge in [0.2, 0.25) is 0 Å². The van der Waals surface area contributed by atoms with Crippen molar-refractivity contribution in [3.8, 4) is 0 Å². The number of amides is 4. The first kappa shape index (κ1) is 23.0. The van der Waals surface area contributed by atoms with Crippen LogP contribution in [0.15, 0.2) is 11.3 Å². The standard InChI is InChI=1S/C17H28N4O4.C2H6/c1-12-5-9-20(10-6-12)8-4-7-18-16(23)21-11-14(15(22)25-3)13(2)19-17(21)24;1-2/h12H,4-11H2,1-3H3,(H,18,23)(H,19,24);1-2H3. The molecule has 0 aromatic rings. The topological polar surface area (TPSA) is 91.0 Å². The van der Waals surface area contributed by atoms with Crippen LogP contribution in [-0.2, 0) is 9.53 Å². The van der Waals surface area contributed by atoms with E-state index in [1.54, 1.807) is 6.92 Å². The van der Waals surface area contributed by atoms with E-state index in [4.69, 9.17) is 0 Å². The number of methoxy groups -OCH3 is 1. The van der Waals surface area contributed by atoms with Gasteiger partial charge in [-0.1, -0.05) is 20.8 Å². The van der Waals surface area contributed by atoms with Crippen molar-refractivity contribution in [3.05, 3.63) is 11.3 Å². The highest BCUT2D eigenvalue weighted by Gasteiger charge is 2.31. The van der Waals surface area contributed by atoms with E-state index in [0.717, 1.165) is 36.9 Å². The Morgan fingerprint density at radius 1 is 1.26 bits per heavy atom. The zero-order valence-electron chi connectivity index (χ0n) is 17.3. The molecule has 0 aliphatic carbocycles. The lowest BCUT2D eigenvalue weighted by Gasteiger charge is -2.30. The van der Waals surface area contributed by atoms with Gasteiger partial charge in [-0.05, 0) is 51.7 Å². The molecule has 0 unspecified atom stereocenters. The molecule has 0 aromatic heterocycles. The van der Waals surface area contributed by atoms with Gasteiger partial charge in [0.1, 0.15) is 0 Å². The molecule has 2 heterocycles. The predicted octanol–water partition coefficient (Wildman–Crippen LogP) is 2.32. The summed E-state index contributed by atoms with van der Waals surface area (Å²) in [7, 11) is 1.27. The number of nitrogens with one attached hydrogen (secondary N) is 2.